The minimum absolute atomic E-state index is 0.124. The topological polar surface area (TPSA) is 20.3 Å². The average molecular weight is 155 g/mol. The molecular formula is C9H17NO. The van der Waals surface area contributed by atoms with Gasteiger partial charge in [-0.05, 0) is 13.3 Å². The van der Waals surface area contributed by atoms with Crippen LogP contribution in [0.15, 0.2) is 12.7 Å². The second-order valence-corrected chi connectivity index (χ2v) is 2.69. The summed E-state index contributed by atoms with van der Waals surface area (Å²) in [7, 11) is 0. The Labute approximate surface area is 68.9 Å². The van der Waals surface area contributed by atoms with Gasteiger partial charge in [0, 0.05) is 19.5 Å². The third-order valence-electron chi connectivity index (χ3n) is 1.70. The summed E-state index contributed by atoms with van der Waals surface area (Å²) in [4.78, 5) is 12.8. The Bertz CT molecular complexity index is 142. The van der Waals surface area contributed by atoms with E-state index in [1.807, 2.05) is 11.8 Å². The van der Waals surface area contributed by atoms with E-state index in [9.17, 15) is 4.79 Å². The van der Waals surface area contributed by atoms with E-state index in [1.54, 1.807) is 13.0 Å². The fraction of sp³-hybridized carbons (Fsp3) is 0.667. The number of hydrogen-bond acceptors (Lipinski definition) is 1. The fourth-order valence-electron chi connectivity index (χ4n) is 1.02. The largest absolute Gasteiger partial charge is 0.337 e. The lowest BCUT2D eigenvalue weighted by atomic mass is 10.2. The van der Waals surface area contributed by atoms with Gasteiger partial charge in [-0.3, -0.25) is 4.79 Å². The predicted octanol–water partition coefficient (Wildman–Crippen LogP) is 1.82. The van der Waals surface area contributed by atoms with Gasteiger partial charge in [0.1, 0.15) is 0 Å². The lowest BCUT2D eigenvalue weighted by Crippen LogP contribution is -2.36. The normalized spacial score (nSPS) is 12.3. The van der Waals surface area contributed by atoms with Crippen molar-refractivity contribution in [1.82, 2.24) is 4.90 Å². The molecule has 0 aromatic rings. The number of nitrogens with zero attached hydrogens (tertiary/aromatic N) is 1. The zero-order valence-corrected chi connectivity index (χ0v) is 7.63. The summed E-state index contributed by atoms with van der Waals surface area (Å²) in [5.41, 5.74) is 0. The summed E-state index contributed by atoms with van der Waals surface area (Å²) in [6.07, 6.45) is 2.79. The molecule has 2 nitrogen and oxygen atoms in total. The first kappa shape index (κ1) is 10.2. The smallest absolute Gasteiger partial charge is 0.219 e. The van der Waals surface area contributed by atoms with Crippen LogP contribution in [-0.2, 0) is 4.79 Å². The summed E-state index contributed by atoms with van der Waals surface area (Å²) < 4.78 is 0. The molecule has 0 saturated heterocycles. The summed E-state index contributed by atoms with van der Waals surface area (Å²) >= 11 is 0. The standard InChI is InChI=1S/C9H17NO/c1-5-7-10(9(4)11)8(3)6-2/h6,8H,2,5,7H2,1,3-4H3. The molecule has 1 amide bonds. The molecular weight excluding hydrogens is 138 g/mol. The third-order valence-corrected chi connectivity index (χ3v) is 1.70. The molecule has 2 heteroatoms. The highest BCUT2D eigenvalue weighted by Gasteiger charge is 2.11. The van der Waals surface area contributed by atoms with Gasteiger partial charge < -0.3 is 4.90 Å². The van der Waals surface area contributed by atoms with Crippen molar-refractivity contribution in [2.24, 2.45) is 0 Å². The molecule has 0 radical (unpaired) electrons. The van der Waals surface area contributed by atoms with Crippen LogP contribution in [0.3, 0.4) is 0 Å². The number of rotatable bonds is 4. The van der Waals surface area contributed by atoms with Crippen molar-refractivity contribution in [2.75, 3.05) is 6.54 Å². The molecule has 0 aliphatic rings. The molecule has 0 saturated carbocycles. The van der Waals surface area contributed by atoms with Crippen molar-refractivity contribution < 1.29 is 4.79 Å². The first-order valence-electron chi connectivity index (χ1n) is 4.03. The molecule has 0 spiro atoms. The minimum Gasteiger partial charge on any atom is -0.337 e. The number of carbonyl (C=O) groups excluding carboxylic acids is 1. The monoisotopic (exact) mass is 155 g/mol. The predicted molar refractivity (Wildman–Crippen MR) is 47.3 cm³/mol. The van der Waals surface area contributed by atoms with Crippen molar-refractivity contribution in [2.45, 2.75) is 33.2 Å². The molecule has 0 rings (SSSR count). The van der Waals surface area contributed by atoms with E-state index in [0.717, 1.165) is 13.0 Å². The van der Waals surface area contributed by atoms with Gasteiger partial charge >= 0.3 is 0 Å². The van der Waals surface area contributed by atoms with Crippen LogP contribution in [0.5, 0.6) is 0 Å². The summed E-state index contributed by atoms with van der Waals surface area (Å²) in [5, 5.41) is 0. The molecule has 0 heterocycles. The van der Waals surface area contributed by atoms with Crippen LogP contribution in [0.2, 0.25) is 0 Å². The zero-order valence-electron chi connectivity index (χ0n) is 7.63. The molecule has 0 aliphatic heterocycles. The molecule has 1 unspecified atom stereocenters. The molecule has 11 heavy (non-hydrogen) atoms. The molecule has 0 aromatic carbocycles. The Morgan fingerprint density at radius 1 is 1.73 bits per heavy atom. The highest BCUT2D eigenvalue weighted by Crippen LogP contribution is 2.01. The van der Waals surface area contributed by atoms with Gasteiger partial charge in [0.05, 0.1) is 0 Å². The van der Waals surface area contributed by atoms with Crippen LogP contribution in [0.1, 0.15) is 27.2 Å². The average Bonchev–Trinajstić information content (AvgIpc) is 1.98. The SMILES string of the molecule is C=CC(C)N(CCC)C(C)=O. The van der Waals surface area contributed by atoms with Crippen LogP contribution >= 0.6 is 0 Å². The quantitative estimate of drug-likeness (QED) is 0.567. The maximum absolute atomic E-state index is 11.0. The van der Waals surface area contributed by atoms with E-state index in [4.69, 9.17) is 0 Å². The minimum atomic E-state index is 0.124. The summed E-state index contributed by atoms with van der Waals surface area (Å²) in [6.45, 7) is 10.1. The molecule has 0 fully saturated rings. The molecule has 0 aliphatic carbocycles. The molecule has 0 aromatic heterocycles. The van der Waals surface area contributed by atoms with Gasteiger partial charge in [-0.25, -0.2) is 0 Å². The van der Waals surface area contributed by atoms with Crippen LogP contribution in [0.25, 0.3) is 0 Å². The first-order chi connectivity index (χ1) is 5.13. The lowest BCUT2D eigenvalue weighted by molar-refractivity contribution is -0.129. The Balaban J connectivity index is 4.08. The molecule has 0 N–H and O–H groups in total. The Kier molecular flexibility index (Phi) is 4.59. The number of amides is 1. The van der Waals surface area contributed by atoms with E-state index in [0.29, 0.717) is 0 Å². The first-order valence-corrected chi connectivity index (χ1v) is 4.03. The Hall–Kier alpha value is -0.790. The highest BCUT2D eigenvalue weighted by atomic mass is 16.2. The van der Waals surface area contributed by atoms with Gasteiger partial charge in [-0.2, -0.15) is 0 Å². The van der Waals surface area contributed by atoms with Gasteiger partial charge in [0.25, 0.3) is 0 Å². The third kappa shape index (κ3) is 3.21. The van der Waals surface area contributed by atoms with E-state index < -0.39 is 0 Å². The van der Waals surface area contributed by atoms with Crippen LogP contribution in [-0.4, -0.2) is 23.4 Å². The second-order valence-electron chi connectivity index (χ2n) is 2.69. The van der Waals surface area contributed by atoms with E-state index in [1.165, 1.54) is 0 Å². The number of carbonyl (C=O) groups is 1. The molecule has 1 atom stereocenters. The lowest BCUT2D eigenvalue weighted by Gasteiger charge is -2.25. The van der Waals surface area contributed by atoms with Crippen LogP contribution in [0.4, 0.5) is 0 Å². The zero-order chi connectivity index (χ0) is 8.85. The van der Waals surface area contributed by atoms with E-state index >= 15 is 0 Å². The fourth-order valence-corrected chi connectivity index (χ4v) is 1.02. The maximum Gasteiger partial charge on any atom is 0.219 e. The van der Waals surface area contributed by atoms with Crippen molar-refractivity contribution in [3.63, 3.8) is 0 Å². The van der Waals surface area contributed by atoms with Gasteiger partial charge in [-0.1, -0.05) is 13.0 Å². The van der Waals surface area contributed by atoms with E-state index in [-0.39, 0.29) is 11.9 Å². The van der Waals surface area contributed by atoms with Crippen LogP contribution in [0, 0.1) is 0 Å². The van der Waals surface area contributed by atoms with Crippen molar-refractivity contribution in [1.29, 1.82) is 0 Å². The molecule has 0 bridgehead atoms. The second kappa shape index (κ2) is 4.94. The molecule has 64 valence electrons. The Morgan fingerprint density at radius 3 is 2.55 bits per heavy atom. The van der Waals surface area contributed by atoms with Gasteiger partial charge in [-0.15, -0.1) is 6.58 Å². The summed E-state index contributed by atoms with van der Waals surface area (Å²) in [5.74, 6) is 0.124. The van der Waals surface area contributed by atoms with Gasteiger partial charge in [0.2, 0.25) is 5.91 Å². The highest BCUT2D eigenvalue weighted by molar-refractivity contribution is 5.73. The van der Waals surface area contributed by atoms with Crippen molar-refractivity contribution >= 4 is 5.91 Å². The Morgan fingerprint density at radius 2 is 2.27 bits per heavy atom. The van der Waals surface area contributed by atoms with Crippen molar-refractivity contribution in [3.8, 4) is 0 Å². The van der Waals surface area contributed by atoms with Gasteiger partial charge in [0.15, 0.2) is 0 Å². The number of hydrogen-bond donors (Lipinski definition) is 0. The van der Waals surface area contributed by atoms with Crippen LogP contribution < -0.4 is 0 Å². The summed E-state index contributed by atoms with van der Waals surface area (Å²) in [6, 6.07) is 0.160. The van der Waals surface area contributed by atoms with E-state index in [2.05, 4.69) is 13.5 Å². The van der Waals surface area contributed by atoms with Crippen molar-refractivity contribution in [3.05, 3.63) is 12.7 Å². The maximum atomic E-state index is 11.0.